The van der Waals surface area contributed by atoms with Crippen molar-refractivity contribution in [2.24, 2.45) is 5.14 Å². The Morgan fingerprint density at radius 2 is 1.71 bits per heavy atom. The highest BCUT2D eigenvalue weighted by Gasteiger charge is 2.23. The topological polar surface area (TPSA) is 125 Å². The number of hydrogen-bond acceptors (Lipinski definition) is 6. The van der Waals surface area contributed by atoms with E-state index < -0.39 is 34.1 Å². The Kier molecular flexibility index (Phi) is 6.76. The molecule has 2 rings (SSSR count). The van der Waals surface area contributed by atoms with E-state index in [0.717, 1.165) is 5.56 Å². The van der Waals surface area contributed by atoms with Crippen LogP contribution in [0.1, 0.15) is 19.4 Å². The van der Waals surface area contributed by atoms with Crippen molar-refractivity contribution in [3.8, 4) is 5.75 Å². The quantitative estimate of drug-likeness (QED) is 0.678. The number of benzene rings is 2. The van der Waals surface area contributed by atoms with E-state index in [1.807, 2.05) is 13.0 Å². The van der Waals surface area contributed by atoms with Gasteiger partial charge < -0.3 is 14.8 Å². The van der Waals surface area contributed by atoms with Crippen LogP contribution in [0.15, 0.2) is 53.4 Å². The van der Waals surface area contributed by atoms with Crippen LogP contribution in [0.3, 0.4) is 0 Å². The van der Waals surface area contributed by atoms with E-state index in [1.54, 1.807) is 18.2 Å². The zero-order valence-electron chi connectivity index (χ0n) is 15.7. The summed E-state index contributed by atoms with van der Waals surface area (Å²) in [6, 6.07) is 12.6. The molecule has 8 nitrogen and oxygen atoms in total. The van der Waals surface area contributed by atoms with Gasteiger partial charge in [-0.25, -0.2) is 18.4 Å². The number of esters is 1. The highest BCUT2D eigenvalue weighted by atomic mass is 32.2. The molecule has 2 aromatic carbocycles. The van der Waals surface area contributed by atoms with Crippen molar-refractivity contribution in [2.75, 3.05) is 5.32 Å². The van der Waals surface area contributed by atoms with E-state index in [2.05, 4.69) is 5.32 Å². The van der Waals surface area contributed by atoms with Gasteiger partial charge in [0.05, 0.1) is 4.90 Å². The van der Waals surface area contributed by atoms with Crippen molar-refractivity contribution in [3.05, 3.63) is 54.1 Å². The Labute approximate surface area is 163 Å². The number of anilines is 1. The standard InChI is InChI=1S/C19H22N2O6S/c1-12-6-4-8-16(10-12)26-14(3)19(23)27-13(2)18(22)21-15-7-5-9-17(11-15)28(20,24)25/h4-11,13-14H,1-3H3,(H,21,22)(H2,20,24,25)/t13-,14+/m1/s1. The molecule has 0 saturated carbocycles. The second kappa shape index (κ2) is 8.85. The summed E-state index contributed by atoms with van der Waals surface area (Å²) >= 11 is 0. The lowest BCUT2D eigenvalue weighted by molar-refractivity contribution is -0.159. The van der Waals surface area contributed by atoms with Crippen LogP contribution in [0.25, 0.3) is 0 Å². The SMILES string of the molecule is Cc1cccc(O[C@@H](C)C(=O)O[C@H](C)C(=O)Nc2cccc(S(N)(=O)=O)c2)c1. The largest absolute Gasteiger partial charge is 0.479 e. The van der Waals surface area contributed by atoms with Crippen LogP contribution in [-0.2, 0) is 24.3 Å². The van der Waals surface area contributed by atoms with Crippen LogP contribution in [-0.4, -0.2) is 32.5 Å². The lowest BCUT2D eigenvalue weighted by Crippen LogP contribution is -2.35. The van der Waals surface area contributed by atoms with Gasteiger partial charge in [-0.15, -0.1) is 0 Å². The Hall–Kier alpha value is -2.91. The molecule has 0 bridgehead atoms. The third-order valence-electron chi connectivity index (χ3n) is 3.73. The normalized spacial score (nSPS) is 13.3. The molecule has 9 heteroatoms. The molecule has 0 unspecified atom stereocenters. The summed E-state index contributed by atoms with van der Waals surface area (Å²) in [4.78, 5) is 24.2. The molecule has 0 aliphatic rings. The van der Waals surface area contributed by atoms with Crippen LogP contribution in [0, 0.1) is 6.92 Å². The maximum absolute atomic E-state index is 12.2. The average molecular weight is 406 g/mol. The maximum atomic E-state index is 12.2. The van der Waals surface area contributed by atoms with Crippen LogP contribution in [0.2, 0.25) is 0 Å². The number of sulfonamides is 1. The predicted octanol–water partition coefficient (Wildman–Crippen LogP) is 1.98. The first-order chi connectivity index (χ1) is 13.1. The van der Waals surface area contributed by atoms with Gasteiger partial charge in [0.25, 0.3) is 5.91 Å². The second-order valence-corrected chi connectivity index (χ2v) is 7.78. The number of nitrogens with one attached hydrogen (secondary N) is 1. The van der Waals surface area contributed by atoms with Crippen LogP contribution in [0.4, 0.5) is 5.69 Å². The molecule has 3 N–H and O–H groups in total. The Morgan fingerprint density at radius 1 is 1.04 bits per heavy atom. The molecule has 0 aliphatic heterocycles. The van der Waals surface area contributed by atoms with Crippen molar-refractivity contribution in [1.29, 1.82) is 0 Å². The number of nitrogens with two attached hydrogens (primary N) is 1. The molecule has 2 atom stereocenters. The number of hydrogen-bond donors (Lipinski definition) is 2. The first-order valence-electron chi connectivity index (χ1n) is 8.44. The van der Waals surface area contributed by atoms with Gasteiger partial charge in [-0.1, -0.05) is 18.2 Å². The molecule has 2 aromatic rings. The molecule has 0 spiro atoms. The third kappa shape index (κ3) is 6.07. The van der Waals surface area contributed by atoms with Gasteiger partial charge in [-0.2, -0.15) is 0 Å². The first-order valence-corrected chi connectivity index (χ1v) is 9.98. The fourth-order valence-corrected chi connectivity index (χ4v) is 2.82. The van der Waals surface area contributed by atoms with E-state index in [1.165, 1.54) is 38.1 Å². The van der Waals surface area contributed by atoms with E-state index in [-0.39, 0.29) is 10.6 Å². The van der Waals surface area contributed by atoms with Crippen molar-refractivity contribution < 1.29 is 27.5 Å². The molecular formula is C19H22N2O6S. The minimum absolute atomic E-state index is 0.143. The fourth-order valence-electron chi connectivity index (χ4n) is 2.26. The Morgan fingerprint density at radius 3 is 2.36 bits per heavy atom. The van der Waals surface area contributed by atoms with Gasteiger partial charge in [-0.05, 0) is 56.7 Å². The monoisotopic (exact) mass is 406 g/mol. The number of primary sulfonamides is 1. The van der Waals surface area contributed by atoms with Crippen molar-refractivity contribution in [1.82, 2.24) is 0 Å². The smallest absolute Gasteiger partial charge is 0.347 e. The molecular weight excluding hydrogens is 384 g/mol. The minimum Gasteiger partial charge on any atom is -0.479 e. The highest BCUT2D eigenvalue weighted by molar-refractivity contribution is 7.89. The highest BCUT2D eigenvalue weighted by Crippen LogP contribution is 2.16. The van der Waals surface area contributed by atoms with Gasteiger partial charge in [0, 0.05) is 5.69 Å². The summed E-state index contributed by atoms with van der Waals surface area (Å²) in [5.74, 6) is -0.813. The number of ether oxygens (including phenoxy) is 2. The first kappa shape index (κ1) is 21.4. The Balaban J connectivity index is 1.95. The zero-order chi connectivity index (χ0) is 20.9. The van der Waals surface area contributed by atoms with E-state index in [9.17, 15) is 18.0 Å². The maximum Gasteiger partial charge on any atom is 0.347 e. The van der Waals surface area contributed by atoms with Crippen LogP contribution >= 0.6 is 0 Å². The minimum atomic E-state index is -3.90. The molecule has 1 amide bonds. The number of carbonyl (C=O) groups is 2. The number of aryl methyl sites for hydroxylation is 1. The van der Waals surface area contributed by atoms with E-state index >= 15 is 0 Å². The van der Waals surface area contributed by atoms with Crippen molar-refractivity contribution >= 4 is 27.6 Å². The molecule has 0 radical (unpaired) electrons. The number of carbonyl (C=O) groups excluding carboxylic acids is 2. The second-order valence-electron chi connectivity index (χ2n) is 6.22. The molecule has 150 valence electrons. The van der Waals surface area contributed by atoms with Gasteiger partial charge in [0.2, 0.25) is 10.0 Å². The molecule has 0 fully saturated rings. The molecule has 0 saturated heterocycles. The summed E-state index contributed by atoms with van der Waals surface area (Å²) < 4.78 is 33.4. The number of rotatable bonds is 7. The average Bonchev–Trinajstić information content (AvgIpc) is 2.61. The third-order valence-corrected chi connectivity index (χ3v) is 4.64. The molecule has 28 heavy (non-hydrogen) atoms. The lowest BCUT2D eigenvalue weighted by atomic mass is 10.2. The van der Waals surface area contributed by atoms with Gasteiger partial charge >= 0.3 is 5.97 Å². The zero-order valence-corrected chi connectivity index (χ0v) is 16.5. The molecule has 0 aliphatic carbocycles. The summed E-state index contributed by atoms with van der Waals surface area (Å²) in [6.07, 6.45) is -2.03. The van der Waals surface area contributed by atoms with Crippen molar-refractivity contribution in [3.63, 3.8) is 0 Å². The summed E-state index contributed by atoms with van der Waals surface area (Å²) in [7, 11) is -3.90. The van der Waals surface area contributed by atoms with E-state index in [4.69, 9.17) is 14.6 Å². The summed E-state index contributed by atoms with van der Waals surface area (Å²) in [5, 5.41) is 7.54. The summed E-state index contributed by atoms with van der Waals surface area (Å²) in [6.45, 7) is 4.81. The van der Waals surface area contributed by atoms with Crippen molar-refractivity contribution in [2.45, 2.75) is 37.9 Å². The fraction of sp³-hybridized carbons (Fsp3) is 0.263. The summed E-state index contributed by atoms with van der Waals surface area (Å²) in [5.41, 5.74) is 1.19. The van der Waals surface area contributed by atoms with Gasteiger partial charge in [0.1, 0.15) is 5.75 Å². The van der Waals surface area contributed by atoms with Crippen LogP contribution < -0.4 is 15.2 Å². The van der Waals surface area contributed by atoms with Gasteiger partial charge in [0.15, 0.2) is 12.2 Å². The van der Waals surface area contributed by atoms with Crippen LogP contribution in [0.5, 0.6) is 5.75 Å². The Bertz CT molecular complexity index is 974. The number of amides is 1. The molecule has 0 aromatic heterocycles. The van der Waals surface area contributed by atoms with E-state index in [0.29, 0.717) is 5.75 Å². The molecule has 0 heterocycles. The lowest BCUT2D eigenvalue weighted by Gasteiger charge is -2.18. The predicted molar refractivity (Wildman–Crippen MR) is 103 cm³/mol. The van der Waals surface area contributed by atoms with Gasteiger partial charge in [-0.3, -0.25) is 4.79 Å².